The van der Waals surface area contributed by atoms with E-state index in [2.05, 4.69) is 30.3 Å². The molecule has 5 heteroatoms. The summed E-state index contributed by atoms with van der Waals surface area (Å²) in [5, 5.41) is 9.00. The summed E-state index contributed by atoms with van der Waals surface area (Å²) in [5.74, 6) is 1.53. The summed E-state index contributed by atoms with van der Waals surface area (Å²) in [7, 11) is 1.52. The molecule has 0 spiro atoms. The number of ether oxygens (including phenoxy) is 2. The first kappa shape index (κ1) is 19.8. The molecule has 0 saturated carbocycles. The molecule has 1 heterocycles. The number of benzene rings is 2. The average Bonchev–Trinajstić information content (AvgIpc) is 2.74. The molecule has 3 rings (SSSR count). The van der Waals surface area contributed by atoms with Crippen molar-refractivity contribution in [3.05, 3.63) is 59.7 Å². The van der Waals surface area contributed by atoms with Gasteiger partial charge in [-0.2, -0.15) is 5.26 Å². The predicted octanol–water partition coefficient (Wildman–Crippen LogP) is 3.82. The number of nitriles is 1. The van der Waals surface area contributed by atoms with E-state index in [0.717, 1.165) is 32.4 Å². The van der Waals surface area contributed by atoms with E-state index in [4.69, 9.17) is 14.7 Å². The van der Waals surface area contributed by atoms with E-state index in [-0.39, 0.29) is 5.91 Å². The van der Waals surface area contributed by atoms with Crippen molar-refractivity contribution in [2.24, 2.45) is 5.92 Å². The third-order valence-electron chi connectivity index (χ3n) is 5.24. The van der Waals surface area contributed by atoms with Gasteiger partial charge in [0.05, 0.1) is 18.7 Å². The fourth-order valence-electron chi connectivity index (χ4n) is 3.64. The van der Waals surface area contributed by atoms with Gasteiger partial charge in [-0.05, 0) is 49.8 Å². The lowest BCUT2D eigenvalue weighted by Crippen LogP contribution is -2.45. The Hall–Kier alpha value is -3.00. The zero-order chi connectivity index (χ0) is 19.9. The number of hydrogen-bond donors (Lipinski definition) is 0. The van der Waals surface area contributed by atoms with Crippen molar-refractivity contribution in [1.29, 1.82) is 5.26 Å². The fraction of sp³-hybridized carbons (Fsp3) is 0.391. The topological polar surface area (TPSA) is 62.6 Å². The van der Waals surface area contributed by atoms with Gasteiger partial charge in [0.25, 0.3) is 5.91 Å². The maximum absolute atomic E-state index is 12.8. The van der Waals surface area contributed by atoms with Gasteiger partial charge in [0, 0.05) is 19.2 Å². The van der Waals surface area contributed by atoms with Gasteiger partial charge in [-0.3, -0.25) is 4.79 Å². The Morgan fingerprint density at radius 3 is 2.54 bits per heavy atom. The van der Waals surface area contributed by atoms with Crippen LogP contribution in [0.2, 0.25) is 0 Å². The molecule has 28 heavy (non-hydrogen) atoms. The Bertz CT molecular complexity index is 837. The molecule has 146 valence electrons. The quantitative estimate of drug-likeness (QED) is 0.767. The maximum atomic E-state index is 12.8. The number of methoxy groups -OCH3 is 1. The van der Waals surface area contributed by atoms with Crippen molar-refractivity contribution in [3.8, 4) is 17.6 Å². The number of piperidine rings is 1. The van der Waals surface area contributed by atoms with Gasteiger partial charge in [0.1, 0.15) is 0 Å². The number of hydrogen-bond acceptors (Lipinski definition) is 4. The number of carbonyl (C=O) groups excluding carboxylic acids is 1. The number of carbonyl (C=O) groups is 1. The summed E-state index contributed by atoms with van der Waals surface area (Å²) in [6.45, 7) is 3.28. The van der Waals surface area contributed by atoms with E-state index in [0.29, 0.717) is 23.0 Å². The number of rotatable bonds is 6. The van der Waals surface area contributed by atoms with Crippen molar-refractivity contribution >= 4 is 5.91 Å². The van der Waals surface area contributed by atoms with Crippen molar-refractivity contribution in [2.75, 3.05) is 20.2 Å². The van der Waals surface area contributed by atoms with Gasteiger partial charge in [0.2, 0.25) is 0 Å². The molecule has 1 atom stereocenters. The van der Waals surface area contributed by atoms with Crippen LogP contribution in [-0.2, 0) is 11.2 Å². The van der Waals surface area contributed by atoms with E-state index in [1.165, 1.54) is 12.7 Å². The largest absolute Gasteiger partial charge is 0.493 e. The van der Waals surface area contributed by atoms with Gasteiger partial charge < -0.3 is 14.4 Å². The van der Waals surface area contributed by atoms with Gasteiger partial charge in [-0.1, -0.05) is 30.3 Å². The van der Waals surface area contributed by atoms with E-state index in [1.54, 1.807) is 25.1 Å². The first-order valence-corrected chi connectivity index (χ1v) is 9.68. The monoisotopic (exact) mass is 378 g/mol. The molecule has 0 bridgehead atoms. The second-order valence-corrected chi connectivity index (χ2v) is 7.20. The van der Waals surface area contributed by atoms with Crippen LogP contribution in [0.4, 0.5) is 0 Å². The minimum absolute atomic E-state index is 0.00965. The molecule has 2 aromatic carbocycles. The Morgan fingerprint density at radius 2 is 1.89 bits per heavy atom. The lowest BCUT2D eigenvalue weighted by molar-refractivity contribution is -0.139. The maximum Gasteiger partial charge on any atom is 0.263 e. The molecule has 1 aliphatic heterocycles. The van der Waals surface area contributed by atoms with Crippen LogP contribution in [0.3, 0.4) is 0 Å². The van der Waals surface area contributed by atoms with Crippen LogP contribution < -0.4 is 9.47 Å². The highest BCUT2D eigenvalue weighted by atomic mass is 16.5. The molecule has 0 radical (unpaired) electrons. The van der Waals surface area contributed by atoms with Crippen LogP contribution in [-0.4, -0.2) is 37.1 Å². The lowest BCUT2D eigenvalue weighted by atomic mass is 9.90. The van der Waals surface area contributed by atoms with Gasteiger partial charge >= 0.3 is 0 Å². The molecule has 1 aliphatic rings. The summed E-state index contributed by atoms with van der Waals surface area (Å²) in [6.07, 6.45) is 2.48. The molecular formula is C23H26N2O3. The highest BCUT2D eigenvalue weighted by Crippen LogP contribution is 2.29. The molecule has 1 fully saturated rings. The van der Waals surface area contributed by atoms with Crippen LogP contribution >= 0.6 is 0 Å². The number of likely N-dealkylation sites (tertiary alicyclic amines) is 1. The number of nitrogens with zero attached hydrogens (tertiary/aromatic N) is 2. The van der Waals surface area contributed by atoms with Crippen LogP contribution in [0.5, 0.6) is 11.5 Å². The van der Waals surface area contributed by atoms with Gasteiger partial charge in [0.15, 0.2) is 17.6 Å². The Morgan fingerprint density at radius 1 is 1.18 bits per heavy atom. The van der Waals surface area contributed by atoms with Crippen LogP contribution in [0.1, 0.15) is 30.9 Å². The third-order valence-corrected chi connectivity index (χ3v) is 5.24. The second-order valence-electron chi connectivity index (χ2n) is 7.20. The van der Waals surface area contributed by atoms with E-state index in [1.807, 2.05) is 11.0 Å². The smallest absolute Gasteiger partial charge is 0.263 e. The van der Waals surface area contributed by atoms with Crippen molar-refractivity contribution in [3.63, 3.8) is 0 Å². The fourth-order valence-corrected chi connectivity index (χ4v) is 3.64. The predicted molar refractivity (Wildman–Crippen MR) is 107 cm³/mol. The summed E-state index contributed by atoms with van der Waals surface area (Å²) < 4.78 is 11.1. The Kier molecular flexibility index (Phi) is 6.54. The summed E-state index contributed by atoms with van der Waals surface area (Å²) in [5.41, 5.74) is 1.85. The van der Waals surface area contributed by atoms with Crippen molar-refractivity contribution in [1.82, 2.24) is 4.90 Å². The zero-order valence-corrected chi connectivity index (χ0v) is 16.4. The third kappa shape index (κ3) is 4.83. The molecule has 0 aliphatic carbocycles. The first-order valence-electron chi connectivity index (χ1n) is 9.68. The molecule has 5 nitrogen and oxygen atoms in total. The SMILES string of the molecule is COc1cc(C#N)ccc1OC(C)C(=O)N1CCC(Cc2ccccc2)CC1. The lowest BCUT2D eigenvalue weighted by Gasteiger charge is -2.33. The minimum Gasteiger partial charge on any atom is -0.493 e. The summed E-state index contributed by atoms with van der Waals surface area (Å²) in [4.78, 5) is 14.7. The average molecular weight is 378 g/mol. The van der Waals surface area contributed by atoms with Gasteiger partial charge in [-0.25, -0.2) is 0 Å². The minimum atomic E-state index is -0.604. The first-order chi connectivity index (χ1) is 13.6. The van der Waals surface area contributed by atoms with E-state index in [9.17, 15) is 4.79 Å². The summed E-state index contributed by atoms with van der Waals surface area (Å²) >= 11 is 0. The Balaban J connectivity index is 1.54. The van der Waals surface area contributed by atoms with Gasteiger partial charge in [-0.15, -0.1) is 0 Å². The molecule has 1 saturated heterocycles. The highest BCUT2D eigenvalue weighted by Gasteiger charge is 2.27. The van der Waals surface area contributed by atoms with E-state index < -0.39 is 6.10 Å². The normalized spacial score (nSPS) is 15.5. The van der Waals surface area contributed by atoms with E-state index >= 15 is 0 Å². The van der Waals surface area contributed by atoms with Crippen LogP contribution in [0.15, 0.2) is 48.5 Å². The van der Waals surface area contributed by atoms with Crippen molar-refractivity contribution < 1.29 is 14.3 Å². The molecule has 1 amide bonds. The molecule has 1 unspecified atom stereocenters. The van der Waals surface area contributed by atoms with Crippen LogP contribution in [0.25, 0.3) is 0 Å². The molecule has 2 aromatic rings. The second kappa shape index (κ2) is 9.27. The van der Waals surface area contributed by atoms with Crippen molar-refractivity contribution in [2.45, 2.75) is 32.3 Å². The molecule has 0 N–H and O–H groups in total. The number of amides is 1. The molecular weight excluding hydrogens is 352 g/mol. The highest BCUT2D eigenvalue weighted by molar-refractivity contribution is 5.81. The van der Waals surface area contributed by atoms with Crippen LogP contribution in [0, 0.1) is 17.2 Å². The zero-order valence-electron chi connectivity index (χ0n) is 16.4. The summed E-state index contributed by atoms with van der Waals surface area (Å²) in [6, 6.07) is 17.5. The Labute approximate surface area is 166 Å². The molecule has 0 aromatic heterocycles. The standard InChI is InChI=1S/C23H26N2O3/c1-17(28-21-9-8-20(16-24)15-22(21)27-2)23(26)25-12-10-19(11-13-25)14-18-6-4-3-5-7-18/h3-9,15,17,19H,10-14H2,1-2H3.